The molecule has 0 saturated heterocycles. The fourth-order valence-electron chi connectivity index (χ4n) is 2.69. The number of aryl methyl sites for hydroxylation is 4. The molecule has 3 rings (SSSR count). The van der Waals surface area contributed by atoms with Crippen LogP contribution in [0, 0.1) is 6.92 Å². The van der Waals surface area contributed by atoms with Gasteiger partial charge in [-0.1, -0.05) is 12.2 Å². The molecule has 0 N–H and O–H groups in total. The van der Waals surface area contributed by atoms with E-state index < -0.39 is 0 Å². The van der Waals surface area contributed by atoms with Gasteiger partial charge in [0.05, 0.1) is 0 Å². The van der Waals surface area contributed by atoms with Crippen LogP contribution in [0.15, 0.2) is 61.2 Å². The van der Waals surface area contributed by atoms with Gasteiger partial charge in [-0.25, -0.2) is 4.57 Å². The summed E-state index contributed by atoms with van der Waals surface area (Å²) in [6.07, 6.45) is 12.6. The molecule has 0 bridgehead atoms. The van der Waals surface area contributed by atoms with E-state index >= 15 is 0 Å². The summed E-state index contributed by atoms with van der Waals surface area (Å²) >= 11 is 0. The zero-order valence-corrected chi connectivity index (χ0v) is 14.8. The first-order valence-electron chi connectivity index (χ1n) is 8.13. The summed E-state index contributed by atoms with van der Waals surface area (Å²) in [6, 6.07) is 12.9. The van der Waals surface area contributed by atoms with E-state index in [0.717, 1.165) is 0 Å². The van der Waals surface area contributed by atoms with Crippen molar-refractivity contribution in [2.75, 3.05) is 0 Å². The Morgan fingerprint density at radius 1 is 0.667 bits per heavy atom. The molecule has 0 atom stereocenters. The Morgan fingerprint density at radius 2 is 1.21 bits per heavy atom. The summed E-state index contributed by atoms with van der Waals surface area (Å²) in [5.74, 6) is 0. The maximum Gasteiger partial charge on any atom is 0.277 e. The lowest BCUT2D eigenvalue weighted by Gasteiger charge is -2.02. The van der Waals surface area contributed by atoms with Gasteiger partial charge in [0.25, 0.3) is 11.4 Å². The van der Waals surface area contributed by atoms with Crippen molar-refractivity contribution in [3.8, 4) is 11.4 Å². The molecular formula is C21H24N3+3. The first-order valence-corrected chi connectivity index (χ1v) is 8.13. The fourth-order valence-corrected chi connectivity index (χ4v) is 2.69. The molecule has 24 heavy (non-hydrogen) atoms. The lowest BCUT2D eigenvalue weighted by Crippen LogP contribution is -2.38. The van der Waals surface area contributed by atoms with Gasteiger partial charge in [0.2, 0.25) is 0 Å². The molecule has 3 aromatic rings. The van der Waals surface area contributed by atoms with E-state index in [0.29, 0.717) is 0 Å². The largest absolute Gasteiger partial charge is 0.277 e. The highest BCUT2D eigenvalue weighted by molar-refractivity contribution is 5.70. The molecular weight excluding hydrogens is 294 g/mol. The van der Waals surface area contributed by atoms with E-state index in [2.05, 4.69) is 103 Å². The van der Waals surface area contributed by atoms with Gasteiger partial charge >= 0.3 is 0 Å². The normalized spacial score (nSPS) is 11.2. The second-order valence-electron chi connectivity index (χ2n) is 6.29. The van der Waals surface area contributed by atoms with Crippen LogP contribution in [0.3, 0.4) is 0 Å². The topological polar surface area (TPSA) is 11.6 Å². The Balaban J connectivity index is 1.97. The quantitative estimate of drug-likeness (QED) is 0.657. The Kier molecular flexibility index (Phi) is 4.52. The van der Waals surface area contributed by atoms with Crippen LogP contribution >= 0.6 is 0 Å². The molecule has 3 nitrogen and oxygen atoms in total. The second kappa shape index (κ2) is 6.75. The highest BCUT2D eigenvalue weighted by Gasteiger charge is 2.19. The summed E-state index contributed by atoms with van der Waals surface area (Å²) in [4.78, 5) is 0. The van der Waals surface area contributed by atoms with Crippen LogP contribution in [0.4, 0.5) is 0 Å². The van der Waals surface area contributed by atoms with E-state index in [-0.39, 0.29) is 0 Å². The van der Waals surface area contributed by atoms with E-state index in [1.54, 1.807) is 0 Å². The minimum atomic E-state index is 1.19. The lowest BCUT2D eigenvalue weighted by molar-refractivity contribution is -0.690. The van der Waals surface area contributed by atoms with Crippen LogP contribution in [0.2, 0.25) is 0 Å². The van der Waals surface area contributed by atoms with Crippen LogP contribution in [-0.4, -0.2) is 0 Å². The SMILES string of the molecule is Cc1cc[n+](C)c(-c2cc(/C=C/c3cc[n+](C)cc3)cc[n+]2C)c1. The van der Waals surface area contributed by atoms with Gasteiger partial charge in [-0.3, -0.25) is 0 Å². The summed E-state index contributed by atoms with van der Waals surface area (Å²) in [7, 11) is 6.20. The van der Waals surface area contributed by atoms with E-state index in [9.17, 15) is 0 Å². The standard InChI is InChI=1S/C21H24N3/c1-17-7-13-23(3)20(15-17)21-16-19(10-14-24(21)4)6-5-18-8-11-22(2)12-9-18/h5-16H,1-4H3/q+3/b6-5+. The third kappa shape index (κ3) is 3.57. The molecule has 0 fully saturated rings. The first-order chi connectivity index (χ1) is 11.5. The number of aromatic nitrogens is 3. The molecule has 0 saturated carbocycles. The molecule has 120 valence electrons. The molecule has 0 amide bonds. The number of pyridine rings is 3. The van der Waals surface area contributed by atoms with Gasteiger partial charge in [-0.15, -0.1) is 0 Å². The Bertz CT molecular complexity index is 893. The molecule has 0 unspecified atom stereocenters. The Morgan fingerprint density at radius 3 is 1.92 bits per heavy atom. The van der Waals surface area contributed by atoms with E-state index in [4.69, 9.17) is 0 Å². The van der Waals surface area contributed by atoms with Crippen LogP contribution in [0.25, 0.3) is 23.5 Å². The second-order valence-corrected chi connectivity index (χ2v) is 6.29. The van der Waals surface area contributed by atoms with Crippen LogP contribution in [0.5, 0.6) is 0 Å². The van der Waals surface area contributed by atoms with Crippen molar-refractivity contribution in [3.63, 3.8) is 0 Å². The monoisotopic (exact) mass is 318 g/mol. The molecule has 0 spiro atoms. The van der Waals surface area contributed by atoms with Gasteiger partial charge < -0.3 is 0 Å². The smallest absolute Gasteiger partial charge is 0.208 e. The maximum absolute atomic E-state index is 2.23. The van der Waals surface area contributed by atoms with Gasteiger partial charge in [0.1, 0.15) is 21.1 Å². The molecule has 0 radical (unpaired) electrons. The fraction of sp³-hybridized carbons (Fsp3) is 0.190. The number of rotatable bonds is 3. The van der Waals surface area contributed by atoms with Gasteiger partial charge in [-0.05, 0) is 23.6 Å². The van der Waals surface area contributed by atoms with Crippen LogP contribution in [0.1, 0.15) is 16.7 Å². The average molecular weight is 318 g/mol. The van der Waals surface area contributed by atoms with E-state index in [1.165, 1.54) is 28.1 Å². The first kappa shape index (κ1) is 16.1. The zero-order chi connectivity index (χ0) is 17.1. The predicted molar refractivity (Wildman–Crippen MR) is 95.5 cm³/mol. The lowest BCUT2D eigenvalue weighted by atomic mass is 10.1. The summed E-state index contributed by atoms with van der Waals surface area (Å²) in [5.41, 5.74) is 6.06. The molecule has 0 aliphatic heterocycles. The summed E-state index contributed by atoms with van der Waals surface area (Å²) < 4.78 is 6.36. The Labute approximate surface area is 143 Å². The van der Waals surface area contributed by atoms with Crippen molar-refractivity contribution in [2.24, 2.45) is 21.1 Å². The van der Waals surface area contributed by atoms with E-state index in [1.807, 2.05) is 11.6 Å². The molecule has 0 aliphatic rings. The average Bonchev–Trinajstić information content (AvgIpc) is 2.58. The molecule has 0 aliphatic carbocycles. The van der Waals surface area contributed by atoms with Crippen molar-refractivity contribution in [3.05, 3.63) is 77.9 Å². The van der Waals surface area contributed by atoms with Crippen molar-refractivity contribution < 1.29 is 13.7 Å². The number of nitrogens with zero attached hydrogens (tertiary/aromatic N) is 3. The highest BCUT2D eigenvalue weighted by atomic mass is 15.0. The minimum absolute atomic E-state index is 1.19. The van der Waals surface area contributed by atoms with Crippen LogP contribution < -0.4 is 13.7 Å². The molecule has 0 aromatic carbocycles. The third-order valence-electron chi connectivity index (χ3n) is 4.21. The minimum Gasteiger partial charge on any atom is -0.208 e. The zero-order valence-electron chi connectivity index (χ0n) is 14.8. The van der Waals surface area contributed by atoms with Gasteiger partial charge in [-0.2, -0.15) is 9.13 Å². The van der Waals surface area contributed by atoms with Gasteiger partial charge in [0, 0.05) is 36.4 Å². The summed E-state index contributed by atoms with van der Waals surface area (Å²) in [6.45, 7) is 2.13. The summed E-state index contributed by atoms with van der Waals surface area (Å²) in [5, 5.41) is 0. The van der Waals surface area contributed by atoms with Crippen molar-refractivity contribution in [2.45, 2.75) is 6.92 Å². The van der Waals surface area contributed by atoms with Crippen molar-refractivity contribution in [1.29, 1.82) is 0 Å². The molecule has 3 aromatic heterocycles. The molecule has 3 heteroatoms. The Hall–Kier alpha value is -2.81. The number of hydrogen-bond donors (Lipinski definition) is 0. The van der Waals surface area contributed by atoms with Crippen molar-refractivity contribution >= 4 is 12.2 Å². The molecule has 3 heterocycles. The number of hydrogen-bond acceptors (Lipinski definition) is 0. The maximum atomic E-state index is 2.23. The third-order valence-corrected chi connectivity index (χ3v) is 4.21. The highest BCUT2D eigenvalue weighted by Crippen LogP contribution is 2.15. The van der Waals surface area contributed by atoms with Gasteiger partial charge in [0.15, 0.2) is 24.8 Å². The van der Waals surface area contributed by atoms with Crippen LogP contribution in [-0.2, 0) is 21.1 Å². The van der Waals surface area contributed by atoms with Crippen molar-refractivity contribution in [1.82, 2.24) is 0 Å². The predicted octanol–water partition coefficient (Wildman–Crippen LogP) is 2.31.